The van der Waals surface area contributed by atoms with E-state index in [1.165, 1.54) is 66.8 Å². The first-order valence-corrected chi connectivity index (χ1v) is 21.5. The van der Waals surface area contributed by atoms with Gasteiger partial charge in [0.25, 0.3) is 0 Å². The maximum atomic E-state index is 2.46. The van der Waals surface area contributed by atoms with Crippen LogP contribution in [0, 0.1) is 83.1 Å². The molecule has 39 heavy (non-hydrogen) atoms. The van der Waals surface area contributed by atoms with E-state index in [1.54, 1.807) is 20.7 Å². The van der Waals surface area contributed by atoms with Crippen LogP contribution >= 0.6 is 10.7 Å². The smallest absolute Gasteiger partial charge is 0.185 e. The van der Waals surface area contributed by atoms with Crippen LogP contribution in [0.4, 0.5) is 0 Å². The molecule has 0 radical (unpaired) electrons. The molecule has 1 saturated heterocycles. The molecule has 0 aromatic heterocycles. The van der Waals surface area contributed by atoms with Crippen LogP contribution in [0.1, 0.15) is 66.8 Å². The zero-order chi connectivity index (χ0) is 28.6. The third-order valence-corrected chi connectivity index (χ3v) is 35.6. The largest absolute Gasteiger partial charge is 0.188 e. The third-order valence-electron chi connectivity index (χ3n) is 8.88. The Bertz CT molecular complexity index is 1330. The van der Waals surface area contributed by atoms with Crippen molar-refractivity contribution in [3.63, 3.8) is 0 Å². The molecule has 3 heteroatoms. The summed E-state index contributed by atoms with van der Waals surface area (Å²) in [7, 11) is 2.46. The molecule has 0 aliphatic carbocycles. The summed E-state index contributed by atoms with van der Waals surface area (Å²) in [4.78, 5) is 0. The normalized spacial score (nSPS) is 15.5. The average Bonchev–Trinajstić information content (AvgIpc) is 3.39. The van der Waals surface area contributed by atoms with E-state index in [9.17, 15) is 0 Å². The van der Waals surface area contributed by atoms with Crippen LogP contribution in [0.25, 0.3) is 0 Å². The summed E-state index contributed by atoms with van der Waals surface area (Å²) in [5.41, 5.74) is 17.4. The molecule has 4 aromatic carbocycles. The minimum Gasteiger partial charge on any atom is -0.188 e. The highest BCUT2D eigenvalue weighted by molar-refractivity contribution is 8.82. The van der Waals surface area contributed by atoms with E-state index in [0.717, 1.165) is 0 Å². The molecule has 0 atom stereocenters. The molecule has 0 amide bonds. The van der Waals surface area contributed by atoms with Gasteiger partial charge in [0.2, 0.25) is 0 Å². The van der Waals surface area contributed by atoms with Gasteiger partial charge in [0, 0.05) is 0 Å². The van der Waals surface area contributed by atoms with E-state index in [-0.39, 0.29) is 0 Å². The standard InChI is InChI=1S/C36H44SSi2/c1-21-13-25(5)33(26(6)14-21)38(34-27(7)15-22(2)16-28(34)8)37-39(38,35-29(9)17-23(3)18-30(35)10)36-31(11)19-24(4)20-32(36)12/h13-20H,1-12H3. The van der Waals surface area contributed by atoms with Crippen LogP contribution in [0.3, 0.4) is 0 Å². The highest BCUT2D eigenvalue weighted by Gasteiger charge is 2.78. The second kappa shape index (κ2) is 9.64. The topological polar surface area (TPSA) is 0 Å². The summed E-state index contributed by atoms with van der Waals surface area (Å²) in [5.74, 6) is 0. The monoisotopic (exact) mass is 564 g/mol. The van der Waals surface area contributed by atoms with Crippen molar-refractivity contribution in [3.05, 3.63) is 115 Å². The Morgan fingerprint density at radius 3 is 0.615 bits per heavy atom. The maximum absolute atomic E-state index is 2.46. The molecule has 0 unspecified atom stereocenters. The lowest BCUT2D eigenvalue weighted by atomic mass is 10.1. The Morgan fingerprint density at radius 2 is 0.462 bits per heavy atom. The van der Waals surface area contributed by atoms with Crippen LogP contribution in [0.5, 0.6) is 0 Å². The lowest BCUT2D eigenvalue weighted by Crippen LogP contribution is -2.69. The van der Waals surface area contributed by atoms with Crippen molar-refractivity contribution in [3.8, 4) is 0 Å². The summed E-state index contributed by atoms with van der Waals surface area (Å²) in [6.07, 6.45) is 0. The number of benzene rings is 4. The average molecular weight is 565 g/mol. The van der Waals surface area contributed by atoms with Gasteiger partial charge in [0.15, 0.2) is 13.5 Å². The Kier molecular flexibility index (Phi) is 6.97. The van der Waals surface area contributed by atoms with E-state index in [1.807, 2.05) is 0 Å². The molecule has 1 aliphatic heterocycles. The van der Waals surface area contributed by atoms with E-state index < -0.39 is 13.5 Å². The fraction of sp³-hybridized carbons (Fsp3) is 0.333. The highest BCUT2D eigenvalue weighted by Crippen LogP contribution is 2.56. The van der Waals surface area contributed by atoms with Gasteiger partial charge in [0.1, 0.15) is 0 Å². The maximum Gasteiger partial charge on any atom is 0.185 e. The van der Waals surface area contributed by atoms with Crippen molar-refractivity contribution in [2.75, 3.05) is 0 Å². The van der Waals surface area contributed by atoms with Crippen LogP contribution in [0.15, 0.2) is 48.5 Å². The second-order valence-corrected chi connectivity index (χ2v) is 30.3. The molecular formula is C36H44SSi2. The summed E-state index contributed by atoms with van der Waals surface area (Å²) in [5, 5.41) is 6.77. The highest BCUT2D eigenvalue weighted by atomic mass is 32.6. The molecule has 4 aromatic rings. The van der Waals surface area contributed by atoms with Crippen molar-refractivity contribution in [2.45, 2.75) is 83.1 Å². The lowest BCUT2D eigenvalue weighted by Gasteiger charge is -2.32. The minimum absolute atomic E-state index is 1.37. The molecule has 5 rings (SSSR count). The van der Waals surface area contributed by atoms with Crippen LogP contribution in [-0.4, -0.2) is 13.5 Å². The van der Waals surface area contributed by atoms with Gasteiger partial charge in [0.05, 0.1) is 0 Å². The molecular weight excluding hydrogens is 521 g/mol. The fourth-order valence-electron chi connectivity index (χ4n) is 8.30. The van der Waals surface area contributed by atoms with E-state index >= 15 is 0 Å². The van der Waals surface area contributed by atoms with Gasteiger partial charge in [-0.1, -0.05) is 115 Å². The second-order valence-electron chi connectivity index (χ2n) is 12.6. The first-order valence-electron chi connectivity index (χ1n) is 14.3. The Morgan fingerprint density at radius 1 is 0.308 bits per heavy atom. The fourth-order valence-corrected chi connectivity index (χ4v) is 47.9. The number of hydrogen-bond donors (Lipinski definition) is 0. The van der Waals surface area contributed by atoms with Gasteiger partial charge in [-0.25, -0.2) is 0 Å². The van der Waals surface area contributed by atoms with Crippen molar-refractivity contribution >= 4 is 44.9 Å². The molecule has 0 N–H and O–H groups in total. The SMILES string of the molecule is Cc1cc(C)c([Si]2(c3c(C)cc(C)cc3C)S[Si]2(c2c(C)cc(C)cc2C)c2c(C)cc(C)cc2C)c(C)c1. The van der Waals surface area contributed by atoms with Crippen molar-refractivity contribution in [1.29, 1.82) is 0 Å². The molecule has 0 nitrogen and oxygen atoms in total. The van der Waals surface area contributed by atoms with Crippen LogP contribution in [-0.2, 0) is 0 Å². The van der Waals surface area contributed by atoms with E-state index in [2.05, 4.69) is 142 Å². The summed E-state index contributed by atoms with van der Waals surface area (Å²) >= 11 is 0. The van der Waals surface area contributed by atoms with Gasteiger partial charge < -0.3 is 0 Å². The molecule has 0 saturated carbocycles. The zero-order valence-corrected chi connectivity index (χ0v) is 28.8. The minimum atomic E-state index is -2.30. The molecule has 202 valence electrons. The summed E-state index contributed by atoms with van der Waals surface area (Å²) < 4.78 is 0. The summed E-state index contributed by atoms with van der Waals surface area (Å²) in [6.45, 7) is 23.6. The van der Waals surface area contributed by atoms with E-state index in [4.69, 9.17) is 0 Å². The number of aryl methyl sites for hydroxylation is 12. The number of rotatable bonds is 4. The predicted octanol–water partition coefficient (Wildman–Crippen LogP) is 7.03. The van der Waals surface area contributed by atoms with Gasteiger partial charge >= 0.3 is 0 Å². The molecule has 1 aliphatic rings. The first-order chi connectivity index (χ1) is 18.2. The molecule has 1 heterocycles. The van der Waals surface area contributed by atoms with Gasteiger partial charge in [-0.15, -0.1) is 0 Å². The van der Waals surface area contributed by atoms with Crippen LogP contribution < -0.4 is 20.7 Å². The third kappa shape index (κ3) is 4.15. The molecule has 1 fully saturated rings. The summed E-state index contributed by atoms with van der Waals surface area (Å²) in [6, 6.07) is 19.6. The van der Waals surface area contributed by atoms with Crippen molar-refractivity contribution < 1.29 is 0 Å². The predicted molar refractivity (Wildman–Crippen MR) is 180 cm³/mol. The zero-order valence-electron chi connectivity index (χ0n) is 26.0. The quantitative estimate of drug-likeness (QED) is 0.189. The van der Waals surface area contributed by atoms with E-state index in [0.29, 0.717) is 0 Å². The van der Waals surface area contributed by atoms with Gasteiger partial charge in [-0.3, -0.25) is 0 Å². The van der Waals surface area contributed by atoms with Crippen molar-refractivity contribution in [2.24, 2.45) is 0 Å². The Hall–Kier alpha value is -2.34. The van der Waals surface area contributed by atoms with Gasteiger partial charge in [-0.2, -0.15) is 10.7 Å². The molecule has 0 spiro atoms. The number of hydrogen-bond acceptors (Lipinski definition) is 1. The Labute approximate surface area is 242 Å². The molecule has 0 bridgehead atoms. The Balaban J connectivity index is 2.05. The first kappa shape index (κ1) is 28.2. The van der Waals surface area contributed by atoms with Gasteiger partial charge in [-0.05, 0) is 104 Å². The van der Waals surface area contributed by atoms with Crippen molar-refractivity contribution in [1.82, 2.24) is 0 Å². The lowest BCUT2D eigenvalue weighted by molar-refractivity contribution is 1.33. The van der Waals surface area contributed by atoms with Crippen LogP contribution in [0.2, 0.25) is 0 Å².